The minimum atomic E-state index is -1.06. The van der Waals surface area contributed by atoms with E-state index in [4.69, 9.17) is 10.8 Å². The zero-order valence-electron chi connectivity index (χ0n) is 9.21. The molecule has 0 atom stereocenters. The smallest absolute Gasteiger partial charge is 0.335 e. The molecule has 0 fully saturated rings. The molecule has 4 N–H and O–H groups in total. The molecule has 0 aliphatic carbocycles. The number of nitrogens with two attached hydrogens (primary N) is 1. The van der Waals surface area contributed by atoms with Crippen molar-refractivity contribution in [2.24, 2.45) is 0 Å². The highest BCUT2D eigenvalue weighted by atomic mass is 32.1. The quantitative estimate of drug-likeness (QED) is 0.740. The predicted molar refractivity (Wildman–Crippen MR) is 70.1 cm³/mol. The normalized spacial score (nSPS) is 10.0. The number of aromatic carboxylic acids is 1. The second-order valence-electron chi connectivity index (χ2n) is 3.57. The number of amides is 1. The highest BCUT2D eigenvalue weighted by Crippen LogP contribution is 2.21. The van der Waals surface area contributed by atoms with E-state index in [-0.39, 0.29) is 17.2 Å². The Morgan fingerprint density at radius 1 is 1.22 bits per heavy atom. The first-order valence-electron chi connectivity index (χ1n) is 5.04. The van der Waals surface area contributed by atoms with E-state index in [1.54, 1.807) is 16.8 Å². The first kappa shape index (κ1) is 12.1. The summed E-state index contributed by atoms with van der Waals surface area (Å²) >= 11 is 1.42. The molecule has 18 heavy (non-hydrogen) atoms. The molecule has 0 saturated heterocycles. The van der Waals surface area contributed by atoms with Gasteiger partial charge in [0.25, 0.3) is 5.91 Å². The Bertz CT molecular complexity index is 593. The van der Waals surface area contributed by atoms with Crippen LogP contribution in [0.3, 0.4) is 0 Å². The van der Waals surface area contributed by atoms with Crippen molar-refractivity contribution in [2.75, 3.05) is 11.1 Å². The van der Waals surface area contributed by atoms with E-state index in [2.05, 4.69) is 5.32 Å². The molecule has 6 heteroatoms. The average Bonchev–Trinajstić information content (AvgIpc) is 2.85. The second-order valence-corrected chi connectivity index (χ2v) is 4.35. The molecule has 0 radical (unpaired) electrons. The number of hydrogen-bond donors (Lipinski definition) is 3. The molecule has 1 heterocycles. The highest BCUT2D eigenvalue weighted by Gasteiger charge is 2.10. The zero-order chi connectivity index (χ0) is 13.1. The van der Waals surface area contributed by atoms with E-state index in [1.165, 1.54) is 29.5 Å². The van der Waals surface area contributed by atoms with E-state index in [0.29, 0.717) is 11.3 Å². The van der Waals surface area contributed by atoms with Crippen molar-refractivity contribution < 1.29 is 14.7 Å². The fourth-order valence-corrected chi connectivity index (χ4v) is 2.03. The van der Waals surface area contributed by atoms with Crippen LogP contribution in [-0.4, -0.2) is 17.0 Å². The summed E-state index contributed by atoms with van der Waals surface area (Å²) in [7, 11) is 0. The van der Waals surface area contributed by atoms with Crippen LogP contribution in [-0.2, 0) is 0 Å². The number of thiophene rings is 1. The number of carboxylic acid groups (broad SMARTS) is 1. The zero-order valence-corrected chi connectivity index (χ0v) is 10.0. The predicted octanol–water partition coefficient (Wildman–Crippen LogP) is 2.28. The van der Waals surface area contributed by atoms with Crippen LogP contribution in [0.25, 0.3) is 0 Å². The Morgan fingerprint density at radius 2 is 2.00 bits per heavy atom. The molecule has 1 aromatic heterocycles. The van der Waals surface area contributed by atoms with Gasteiger partial charge in [-0.2, -0.15) is 11.3 Å². The topological polar surface area (TPSA) is 92.4 Å². The average molecular weight is 262 g/mol. The molecule has 1 amide bonds. The molecule has 1 aromatic carbocycles. The summed E-state index contributed by atoms with van der Waals surface area (Å²) in [6, 6.07) is 5.87. The fraction of sp³-hybridized carbons (Fsp3) is 0. The van der Waals surface area contributed by atoms with Crippen LogP contribution in [0.5, 0.6) is 0 Å². The lowest BCUT2D eigenvalue weighted by molar-refractivity contribution is 0.0697. The number of carbonyl (C=O) groups is 2. The number of benzene rings is 1. The number of nitrogens with one attached hydrogen (secondary N) is 1. The maximum atomic E-state index is 11.8. The number of rotatable bonds is 3. The molecule has 0 unspecified atom stereocenters. The molecule has 0 spiro atoms. The van der Waals surface area contributed by atoms with E-state index in [0.717, 1.165) is 0 Å². The lowest BCUT2D eigenvalue weighted by Crippen LogP contribution is -2.12. The van der Waals surface area contributed by atoms with Gasteiger partial charge in [0.05, 0.1) is 22.5 Å². The van der Waals surface area contributed by atoms with Gasteiger partial charge in [-0.3, -0.25) is 4.79 Å². The molecule has 0 saturated carbocycles. The van der Waals surface area contributed by atoms with Crippen LogP contribution >= 0.6 is 11.3 Å². The van der Waals surface area contributed by atoms with Crippen LogP contribution in [0.1, 0.15) is 20.7 Å². The number of carboxylic acids is 1. The van der Waals surface area contributed by atoms with Crippen molar-refractivity contribution in [2.45, 2.75) is 0 Å². The summed E-state index contributed by atoms with van der Waals surface area (Å²) in [6.45, 7) is 0. The van der Waals surface area contributed by atoms with Crippen LogP contribution in [0.4, 0.5) is 11.4 Å². The number of nitrogen functional groups attached to an aromatic ring is 1. The summed E-state index contributed by atoms with van der Waals surface area (Å²) in [5.41, 5.74) is 6.93. The van der Waals surface area contributed by atoms with Crippen molar-refractivity contribution in [1.29, 1.82) is 0 Å². The van der Waals surface area contributed by atoms with E-state index >= 15 is 0 Å². The third-order valence-corrected chi connectivity index (χ3v) is 3.01. The molecule has 0 aliphatic rings. The van der Waals surface area contributed by atoms with Crippen molar-refractivity contribution in [3.05, 3.63) is 46.2 Å². The number of hydrogen-bond acceptors (Lipinski definition) is 4. The van der Waals surface area contributed by atoms with Crippen molar-refractivity contribution in [3.8, 4) is 0 Å². The Morgan fingerprint density at radius 3 is 2.56 bits per heavy atom. The van der Waals surface area contributed by atoms with Gasteiger partial charge in [-0.1, -0.05) is 0 Å². The van der Waals surface area contributed by atoms with Gasteiger partial charge >= 0.3 is 5.97 Å². The Kier molecular flexibility index (Phi) is 3.29. The van der Waals surface area contributed by atoms with Crippen LogP contribution in [0.15, 0.2) is 35.0 Å². The minimum Gasteiger partial charge on any atom is -0.478 e. The van der Waals surface area contributed by atoms with Gasteiger partial charge in [-0.15, -0.1) is 0 Å². The third-order valence-electron chi connectivity index (χ3n) is 2.33. The summed E-state index contributed by atoms with van der Waals surface area (Å²) in [6.07, 6.45) is 0. The lowest BCUT2D eigenvalue weighted by Gasteiger charge is -2.07. The van der Waals surface area contributed by atoms with Crippen molar-refractivity contribution in [3.63, 3.8) is 0 Å². The lowest BCUT2D eigenvalue weighted by atomic mass is 10.1. The largest absolute Gasteiger partial charge is 0.478 e. The molecule has 92 valence electrons. The van der Waals surface area contributed by atoms with Crippen LogP contribution < -0.4 is 11.1 Å². The molecule has 5 nitrogen and oxygen atoms in total. The number of carbonyl (C=O) groups excluding carboxylic acids is 1. The minimum absolute atomic E-state index is 0.0843. The molecule has 0 bridgehead atoms. The standard InChI is InChI=1S/C12H10N2O3S/c13-9-5-7(12(16)17)1-2-10(9)14-11(15)8-3-4-18-6-8/h1-6H,13H2,(H,14,15)(H,16,17). The maximum Gasteiger partial charge on any atom is 0.335 e. The SMILES string of the molecule is Nc1cc(C(=O)O)ccc1NC(=O)c1ccsc1. The molecule has 2 rings (SSSR count). The van der Waals surface area contributed by atoms with Gasteiger partial charge in [-0.05, 0) is 29.6 Å². The van der Waals surface area contributed by atoms with Crippen LogP contribution in [0.2, 0.25) is 0 Å². The summed E-state index contributed by atoms with van der Waals surface area (Å²) in [5, 5.41) is 14.9. The first-order valence-corrected chi connectivity index (χ1v) is 5.98. The maximum absolute atomic E-state index is 11.8. The van der Waals surface area contributed by atoms with Gasteiger partial charge in [0, 0.05) is 5.38 Å². The van der Waals surface area contributed by atoms with Gasteiger partial charge in [0.1, 0.15) is 0 Å². The van der Waals surface area contributed by atoms with Gasteiger partial charge in [0.15, 0.2) is 0 Å². The van der Waals surface area contributed by atoms with E-state index in [1.807, 2.05) is 0 Å². The van der Waals surface area contributed by atoms with E-state index < -0.39 is 5.97 Å². The summed E-state index contributed by atoms with van der Waals surface area (Å²) < 4.78 is 0. The molecular weight excluding hydrogens is 252 g/mol. The monoisotopic (exact) mass is 262 g/mol. The Labute approximate surface area is 107 Å². The molecule has 0 aliphatic heterocycles. The Balaban J connectivity index is 2.20. The molecular formula is C12H10N2O3S. The second kappa shape index (κ2) is 4.89. The van der Waals surface area contributed by atoms with E-state index in [9.17, 15) is 9.59 Å². The fourth-order valence-electron chi connectivity index (χ4n) is 1.40. The van der Waals surface area contributed by atoms with Gasteiger partial charge in [-0.25, -0.2) is 4.79 Å². The van der Waals surface area contributed by atoms with Gasteiger partial charge < -0.3 is 16.2 Å². The summed E-state index contributed by atoms with van der Waals surface area (Å²) in [4.78, 5) is 22.5. The Hall–Kier alpha value is -2.34. The van der Waals surface area contributed by atoms with Crippen molar-refractivity contribution >= 4 is 34.6 Å². The molecule has 2 aromatic rings. The van der Waals surface area contributed by atoms with Gasteiger partial charge in [0.2, 0.25) is 0 Å². The number of anilines is 2. The van der Waals surface area contributed by atoms with Crippen molar-refractivity contribution in [1.82, 2.24) is 0 Å². The van der Waals surface area contributed by atoms with Crippen LogP contribution in [0, 0.1) is 0 Å². The first-order chi connectivity index (χ1) is 8.58. The summed E-state index contributed by atoms with van der Waals surface area (Å²) in [5.74, 6) is -1.33. The highest BCUT2D eigenvalue weighted by molar-refractivity contribution is 7.08. The third kappa shape index (κ3) is 2.49.